The summed E-state index contributed by atoms with van der Waals surface area (Å²) in [5, 5.41) is 6.60. The van der Waals surface area contributed by atoms with Gasteiger partial charge in [0.15, 0.2) is 18.1 Å². The molecule has 0 aromatic heterocycles. The summed E-state index contributed by atoms with van der Waals surface area (Å²) < 4.78 is 29.3. The summed E-state index contributed by atoms with van der Waals surface area (Å²) in [6, 6.07) is 17.2. The van der Waals surface area contributed by atoms with Crippen LogP contribution in [-0.2, 0) is 4.79 Å². The molecular weight excluding hydrogens is 441 g/mol. The van der Waals surface area contributed by atoms with Gasteiger partial charge in [0, 0.05) is 11.3 Å². The molecule has 8 nitrogen and oxygen atoms in total. The Morgan fingerprint density at radius 3 is 2.53 bits per heavy atom. The van der Waals surface area contributed by atoms with Crippen molar-refractivity contribution < 1.29 is 28.2 Å². The van der Waals surface area contributed by atoms with Gasteiger partial charge in [0.2, 0.25) is 0 Å². The second-order valence-corrected chi connectivity index (χ2v) is 6.91. The van der Waals surface area contributed by atoms with Gasteiger partial charge in [-0.2, -0.15) is 5.10 Å². The highest BCUT2D eigenvalue weighted by Gasteiger charge is 2.10. The van der Waals surface area contributed by atoms with E-state index in [9.17, 15) is 14.0 Å². The van der Waals surface area contributed by atoms with Crippen LogP contribution in [0.25, 0.3) is 0 Å². The molecule has 2 amide bonds. The number of halogens is 1. The lowest BCUT2D eigenvalue weighted by Crippen LogP contribution is -2.20. The molecule has 34 heavy (non-hydrogen) atoms. The van der Waals surface area contributed by atoms with E-state index in [-0.39, 0.29) is 18.3 Å². The first kappa shape index (κ1) is 24.2. The Bertz CT molecular complexity index is 1170. The molecular formula is C25H24FN3O5. The van der Waals surface area contributed by atoms with Crippen molar-refractivity contribution in [1.82, 2.24) is 5.43 Å². The van der Waals surface area contributed by atoms with Crippen LogP contribution in [-0.4, -0.2) is 38.4 Å². The van der Waals surface area contributed by atoms with E-state index in [4.69, 9.17) is 14.2 Å². The molecule has 0 unspecified atom stereocenters. The normalized spacial score (nSPS) is 10.6. The summed E-state index contributed by atoms with van der Waals surface area (Å²) in [4.78, 5) is 24.4. The monoisotopic (exact) mass is 465 g/mol. The second kappa shape index (κ2) is 12.0. The lowest BCUT2D eigenvalue weighted by molar-refractivity contribution is -0.118. The highest BCUT2D eigenvalue weighted by Crippen LogP contribution is 2.28. The summed E-state index contributed by atoms with van der Waals surface area (Å²) >= 11 is 0. The van der Waals surface area contributed by atoms with E-state index in [1.165, 1.54) is 37.6 Å². The van der Waals surface area contributed by atoms with Gasteiger partial charge >= 0.3 is 0 Å². The smallest absolute Gasteiger partial charge is 0.271 e. The summed E-state index contributed by atoms with van der Waals surface area (Å²) in [6.45, 7) is 1.94. The molecule has 0 aliphatic rings. The van der Waals surface area contributed by atoms with Crippen LogP contribution < -0.4 is 25.0 Å². The molecule has 0 heterocycles. The number of anilines is 1. The van der Waals surface area contributed by atoms with E-state index in [0.29, 0.717) is 40.7 Å². The number of ether oxygens (including phenoxy) is 3. The van der Waals surface area contributed by atoms with Gasteiger partial charge in [0.05, 0.1) is 19.9 Å². The summed E-state index contributed by atoms with van der Waals surface area (Å²) in [6.07, 6.45) is 1.46. The zero-order valence-electron chi connectivity index (χ0n) is 18.7. The van der Waals surface area contributed by atoms with Gasteiger partial charge in [-0.05, 0) is 73.2 Å². The summed E-state index contributed by atoms with van der Waals surface area (Å²) in [5.74, 6) is 0.181. The molecule has 9 heteroatoms. The molecule has 3 aromatic rings. The van der Waals surface area contributed by atoms with E-state index in [1.807, 2.05) is 6.92 Å². The Kier molecular flexibility index (Phi) is 8.56. The number of amides is 2. The maximum Gasteiger partial charge on any atom is 0.271 e. The third kappa shape index (κ3) is 7.06. The molecule has 3 aromatic carbocycles. The highest BCUT2D eigenvalue weighted by molar-refractivity contribution is 5.95. The number of benzene rings is 3. The topological polar surface area (TPSA) is 98.2 Å². The summed E-state index contributed by atoms with van der Waals surface area (Å²) in [7, 11) is 1.52. The summed E-state index contributed by atoms with van der Waals surface area (Å²) in [5.41, 5.74) is 3.98. The van der Waals surface area contributed by atoms with Crippen LogP contribution in [0.1, 0.15) is 22.8 Å². The van der Waals surface area contributed by atoms with Crippen molar-refractivity contribution in [1.29, 1.82) is 0 Å². The molecule has 0 saturated heterocycles. The van der Waals surface area contributed by atoms with Crippen LogP contribution in [0.4, 0.5) is 10.1 Å². The molecule has 0 saturated carbocycles. The lowest BCUT2D eigenvalue weighted by atomic mass is 10.2. The van der Waals surface area contributed by atoms with Gasteiger partial charge in [-0.15, -0.1) is 0 Å². The number of hydrazone groups is 1. The van der Waals surface area contributed by atoms with Gasteiger partial charge < -0.3 is 19.5 Å². The fourth-order valence-electron chi connectivity index (χ4n) is 2.86. The average Bonchev–Trinajstić information content (AvgIpc) is 2.85. The fourth-order valence-corrected chi connectivity index (χ4v) is 2.86. The van der Waals surface area contributed by atoms with Crippen molar-refractivity contribution >= 4 is 23.7 Å². The first-order chi connectivity index (χ1) is 16.5. The van der Waals surface area contributed by atoms with Gasteiger partial charge in [0.1, 0.15) is 11.6 Å². The minimum absolute atomic E-state index is 0.262. The number of rotatable bonds is 10. The van der Waals surface area contributed by atoms with E-state index in [2.05, 4.69) is 15.8 Å². The Labute approximate surface area is 196 Å². The zero-order chi connectivity index (χ0) is 24.3. The van der Waals surface area contributed by atoms with Crippen molar-refractivity contribution in [2.45, 2.75) is 6.92 Å². The van der Waals surface area contributed by atoms with Gasteiger partial charge in [-0.1, -0.05) is 6.07 Å². The van der Waals surface area contributed by atoms with Gasteiger partial charge in [-0.25, -0.2) is 9.82 Å². The van der Waals surface area contributed by atoms with E-state index >= 15 is 0 Å². The van der Waals surface area contributed by atoms with Crippen LogP contribution in [0.5, 0.6) is 17.2 Å². The van der Waals surface area contributed by atoms with Crippen molar-refractivity contribution in [3.63, 3.8) is 0 Å². The second-order valence-electron chi connectivity index (χ2n) is 6.91. The Hall–Kier alpha value is -4.40. The number of methoxy groups -OCH3 is 1. The van der Waals surface area contributed by atoms with Gasteiger partial charge in [-0.3, -0.25) is 9.59 Å². The predicted molar refractivity (Wildman–Crippen MR) is 126 cm³/mol. The fraction of sp³-hybridized carbons (Fsp3) is 0.160. The zero-order valence-corrected chi connectivity index (χ0v) is 18.7. The minimum Gasteiger partial charge on any atom is -0.497 e. The van der Waals surface area contributed by atoms with Gasteiger partial charge in [0.25, 0.3) is 11.8 Å². The molecule has 0 radical (unpaired) electrons. The quantitative estimate of drug-likeness (QED) is 0.348. The first-order valence-electron chi connectivity index (χ1n) is 10.4. The highest BCUT2D eigenvalue weighted by atomic mass is 19.1. The van der Waals surface area contributed by atoms with E-state index in [1.54, 1.807) is 42.5 Å². The number of carbonyl (C=O) groups is 2. The molecule has 0 atom stereocenters. The predicted octanol–water partition coefficient (Wildman–Crippen LogP) is 4.01. The third-order valence-electron chi connectivity index (χ3n) is 4.47. The number of nitrogens with one attached hydrogen (secondary N) is 2. The largest absolute Gasteiger partial charge is 0.497 e. The molecule has 0 aliphatic heterocycles. The average molecular weight is 465 g/mol. The molecule has 0 bridgehead atoms. The van der Waals surface area contributed by atoms with E-state index < -0.39 is 5.91 Å². The first-order valence-corrected chi connectivity index (χ1v) is 10.4. The molecule has 3 rings (SSSR count). The number of hydrogen-bond donors (Lipinski definition) is 2. The molecule has 176 valence electrons. The molecule has 2 N–H and O–H groups in total. The van der Waals surface area contributed by atoms with Crippen LogP contribution in [0.15, 0.2) is 71.8 Å². The van der Waals surface area contributed by atoms with Crippen LogP contribution in [0.2, 0.25) is 0 Å². The standard InChI is InChI=1S/C25H24FN3O5/c1-3-33-23-13-17(15-27-29-25(31)18-5-4-6-21(14-18)32-2)7-12-22(23)34-16-24(30)28-20-10-8-19(26)9-11-20/h4-15H,3,16H2,1-2H3,(H,28,30)(H,29,31). The molecule has 0 aliphatic carbocycles. The number of hydrogen-bond acceptors (Lipinski definition) is 6. The van der Waals surface area contributed by atoms with Crippen molar-refractivity contribution in [2.75, 3.05) is 25.6 Å². The number of nitrogens with zero attached hydrogens (tertiary/aromatic N) is 1. The SMILES string of the molecule is CCOc1cc(C=NNC(=O)c2cccc(OC)c2)ccc1OCC(=O)Nc1ccc(F)cc1. The van der Waals surface area contributed by atoms with E-state index in [0.717, 1.165) is 0 Å². The molecule has 0 fully saturated rings. The van der Waals surface area contributed by atoms with Crippen molar-refractivity contribution in [3.8, 4) is 17.2 Å². The minimum atomic E-state index is -0.403. The Morgan fingerprint density at radius 2 is 1.79 bits per heavy atom. The number of carbonyl (C=O) groups excluding carboxylic acids is 2. The maximum absolute atomic E-state index is 13.0. The van der Waals surface area contributed by atoms with Crippen molar-refractivity contribution in [3.05, 3.63) is 83.7 Å². The lowest BCUT2D eigenvalue weighted by Gasteiger charge is -2.12. The Morgan fingerprint density at radius 1 is 1.00 bits per heavy atom. The van der Waals surface area contributed by atoms with Crippen LogP contribution in [0.3, 0.4) is 0 Å². The van der Waals surface area contributed by atoms with Crippen LogP contribution in [0, 0.1) is 5.82 Å². The van der Waals surface area contributed by atoms with Crippen LogP contribution >= 0.6 is 0 Å². The maximum atomic E-state index is 13.0. The Balaban J connectivity index is 1.59. The third-order valence-corrected chi connectivity index (χ3v) is 4.47. The molecule has 0 spiro atoms. The van der Waals surface area contributed by atoms with Crippen molar-refractivity contribution in [2.24, 2.45) is 5.10 Å².